The fraction of sp³-hybridized carbons (Fsp3) is 0.452. The Morgan fingerprint density at radius 3 is 2.27 bits per heavy atom. The maximum atomic E-state index is 14.3. The summed E-state index contributed by atoms with van der Waals surface area (Å²) in [5.74, 6) is -0.197. The van der Waals surface area contributed by atoms with Gasteiger partial charge in [0.05, 0.1) is 24.7 Å². The number of nitrogens with one attached hydrogen (secondary N) is 1. The Hall–Kier alpha value is -5.01. The van der Waals surface area contributed by atoms with E-state index in [4.69, 9.17) is 21.5 Å². The van der Waals surface area contributed by atoms with Crippen molar-refractivity contribution in [3.63, 3.8) is 0 Å². The van der Waals surface area contributed by atoms with Crippen molar-refractivity contribution in [1.82, 2.24) is 10.2 Å². The van der Waals surface area contributed by atoms with Crippen LogP contribution in [-0.2, 0) is 17.8 Å². The summed E-state index contributed by atoms with van der Waals surface area (Å²) >= 11 is 0. The molecule has 2 unspecified atom stereocenters. The van der Waals surface area contributed by atoms with Gasteiger partial charge in [-0.25, -0.2) is 4.79 Å². The van der Waals surface area contributed by atoms with Crippen LogP contribution in [0.25, 0.3) is 32.0 Å². The van der Waals surface area contributed by atoms with Crippen LogP contribution in [0.1, 0.15) is 79.9 Å². The lowest BCUT2D eigenvalue weighted by atomic mass is 9.85. The number of azide groups is 2. The third-order valence-electron chi connectivity index (χ3n) is 7.58. The molecule has 0 heterocycles. The van der Waals surface area contributed by atoms with Crippen LogP contribution in [0.4, 0.5) is 4.79 Å². The van der Waals surface area contributed by atoms with Crippen molar-refractivity contribution in [1.29, 1.82) is 5.26 Å². The van der Waals surface area contributed by atoms with Crippen molar-refractivity contribution in [3.05, 3.63) is 91.3 Å². The molecule has 0 spiro atoms. The third kappa shape index (κ3) is 7.88. The standard InChI is InChI=1S/C31H36N10O3/c1-31(2,3)44-30(43)36-16-21-14-25(10-11-27(21)33)41(24-8-9-24)29(42)20-12-22(17-37-39-34)28(23(13-20)18-38-40-35)26-7-5-4-6-19(26)15-32/h4-7,12-13,16,24-25,27H,8-11,14,17-18,33H2,1-3H3,(H,36,43)/b21-16-. The molecule has 228 valence electrons. The summed E-state index contributed by atoms with van der Waals surface area (Å²) in [6.45, 7) is 5.21. The number of carbonyl (C=O) groups excluding carboxylic acids is 2. The molecule has 0 bridgehead atoms. The Balaban J connectivity index is 1.72. The number of nitriles is 1. The number of nitrogens with two attached hydrogens (primary N) is 1. The molecule has 2 aliphatic carbocycles. The Kier molecular flexibility index (Phi) is 10.1. The average molecular weight is 597 g/mol. The van der Waals surface area contributed by atoms with Gasteiger partial charge in [-0.3, -0.25) is 10.1 Å². The first-order chi connectivity index (χ1) is 21.1. The Bertz CT molecular complexity index is 1550. The second-order valence-electron chi connectivity index (χ2n) is 12.0. The zero-order valence-corrected chi connectivity index (χ0v) is 25.1. The molecule has 4 rings (SSSR count). The highest BCUT2D eigenvalue weighted by Gasteiger charge is 2.40. The fourth-order valence-corrected chi connectivity index (χ4v) is 5.58. The summed E-state index contributed by atoms with van der Waals surface area (Å²) in [7, 11) is 0. The van der Waals surface area contributed by atoms with E-state index in [-0.39, 0.29) is 37.1 Å². The highest BCUT2D eigenvalue weighted by Crippen LogP contribution is 2.38. The van der Waals surface area contributed by atoms with Crippen LogP contribution in [0.2, 0.25) is 0 Å². The summed E-state index contributed by atoms with van der Waals surface area (Å²) in [4.78, 5) is 34.3. The molecule has 2 atom stereocenters. The van der Waals surface area contributed by atoms with Crippen molar-refractivity contribution in [2.45, 2.75) is 89.7 Å². The first kappa shape index (κ1) is 31.9. The largest absolute Gasteiger partial charge is 0.444 e. The predicted octanol–water partition coefficient (Wildman–Crippen LogP) is 6.74. The minimum Gasteiger partial charge on any atom is -0.444 e. The lowest BCUT2D eigenvalue weighted by molar-refractivity contribution is 0.0547. The van der Waals surface area contributed by atoms with E-state index in [2.05, 4.69) is 31.4 Å². The number of rotatable bonds is 9. The summed E-state index contributed by atoms with van der Waals surface area (Å²) < 4.78 is 5.34. The summed E-state index contributed by atoms with van der Waals surface area (Å²) in [6, 6.07) is 12.2. The van der Waals surface area contributed by atoms with Gasteiger partial charge in [-0.2, -0.15) is 5.26 Å². The molecular weight excluding hydrogens is 560 g/mol. The number of carbonyl (C=O) groups is 2. The average Bonchev–Trinajstić information content (AvgIpc) is 3.83. The van der Waals surface area contributed by atoms with Crippen molar-refractivity contribution in [2.24, 2.45) is 16.0 Å². The minimum absolute atomic E-state index is 0.0574. The molecule has 13 nitrogen and oxygen atoms in total. The molecule has 2 aliphatic rings. The molecule has 13 heteroatoms. The van der Waals surface area contributed by atoms with Gasteiger partial charge in [-0.15, -0.1) is 0 Å². The van der Waals surface area contributed by atoms with E-state index in [0.717, 1.165) is 18.4 Å². The van der Waals surface area contributed by atoms with Crippen LogP contribution in [-0.4, -0.2) is 40.6 Å². The maximum absolute atomic E-state index is 14.3. The van der Waals surface area contributed by atoms with Crippen LogP contribution in [0.5, 0.6) is 0 Å². The lowest BCUT2D eigenvalue weighted by Crippen LogP contribution is -2.46. The molecule has 44 heavy (non-hydrogen) atoms. The van der Waals surface area contributed by atoms with Crippen molar-refractivity contribution in [2.75, 3.05) is 0 Å². The highest BCUT2D eigenvalue weighted by atomic mass is 16.6. The first-order valence-electron chi connectivity index (χ1n) is 14.5. The zero-order valence-electron chi connectivity index (χ0n) is 25.1. The Labute approximate surface area is 255 Å². The lowest BCUT2D eigenvalue weighted by Gasteiger charge is -2.38. The molecule has 2 aromatic carbocycles. The number of hydrogen-bond donors (Lipinski definition) is 2. The van der Waals surface area contributed by atoms with Crippen molar-refractivity contribution in [3.8, 4) is 17.2 Å². The molecule has 3 N–H and O–H groups in total. The van der Waals surface area contributed by atoms with Gasteiger partial charge in [0.1, 0.15) is 5.60 Å². The van der Waals surface area contributed by atoms with Gasteiger partial charge in [0.15, 0.2) is 0 Å². The fourth-order valence-electron chi connectivity index (χ4n) is 5.58. The predicted molar refractivity (Wildman–Crippen MR) is 165 cm³/mol. The van der Waals surface area contributed by atoms with Gasteiger partial charge in [-0.05, 0) is 110 Å². The quantitative estimate of drug-likeness (QED) is 0.183. The third-order valence-corrected chi connectivity index (χ3v) is 7.58. The van der Waals surface area contributed by atoms with E-state index in [1.807, 2.05) is 4.90 Å². The second kappa shape index (κ2) is 14.0. The number of hydrogen-bond acceptors (Lipinski definition) is 7. The highest BCUT2D eigenvalue weighted by molar-refractivity contribution is 5.96. The van der Waals surface area contributed by atoms with E-state index in [1.165, 1.54) is 0 Å². The molecule has 0 radical (unpaired) electrons. The summed E-state index contributed by atoms with van der Waals surface area (Å²) in [6.07, 6.45) is 4.58. The Morgan fingerprint density at radius 2 is 1.70 bits per heavy atom. The van der Waals surface area contributed by atoms with E-state index < -0.39 is 11.7 Å². The van der Waals surface area contributed by atoms with Gasteiger partial charge in [0.2, 0.25) is 0 Å². The normalized spacial score (nSPS) is 18.8. The topological polar surface area (TPSA) is 206 Å². The number of alkyl carbamates (subject to hydrolysis) is 1. The monoisotopic (exact) mass is 596 g/mol. The van der Waals surface area contributed by atoms with Gasteiger partial charge < -0.3 is 15.4 Å². The molecule has 0 aromatic heterocycles. The van der Waals surface area contributed by atoms with E-state index >= 15 is 0 Å². The van der Waals surface area contributed by atoms with Gasteiger partial charge in [0.25, 0.3) is 5.91 Å². The van der Waals surface area contributed by atoms with Gasteiger partial charge in [-0.1, -0.05) is 28.4 Å². The van der Waals surface area contributed by atoms with E-state index in [1.54, 1.807) is 63.4 Å². The molecule has 2 fully saturated rings. The summed E-state index contributed by atoms with van der Waals surface area (Å²) in [5, 5.41) is 20.0. The molecule has 0 saturated heterocycles. The molecule has 2 amide bonds. The zero-order chi connectivity index (χ0) is 31.9. The van der Waals surface area contributed by atoms with Crippen LogP contribution in [0.3, 0.4) is 0 Å². The smallest absolute Gasteiger partial charge is 0.411 e. The molecule has 2 saturated carbocycles. The number of benzene rings is 2. The van der Waals surface area contributed by atoms with Crippen LogP contribution < -0.4 is 11.1 Å². The number of amides is 2. The SMILES string of the molecule is CC(C)(C)OC(=O)N/C=C1/CC(N(C(=O)c2cc(CN=[N+]=[N-])c(-c3ccccc3C#N)c(CN=[N+]=[N-])c2)C2CC2)CCC1N. The second-order valence-corrected chi connectivity index (χ2v) is 12.0. The number of ether oxygens (including phenoxy) is 1. The molecule has 0 aliphatic heterocycles. The first-order valence-corrected chi connectivity index (χ1v) is 14.5. The summed E-state index contributed by atoms with van der Waals surface area (Å²) in [5.41, 5.74) is 27.8. The van der Waals surface area contributed by atoms with Crippen molar-refractivity contribution < 1.29 is 14.3 Å². The van der Waals surface area contributed by atoms with E-state index in [0.29, 0.717) is 52.6 Å². The minimum atomic E-state index is -0.643. The van der Waals surface area contributed by atoms with Crippen LogP contribution >= 0.6 is 0 Å². The van der Waals surface area contributed by atoms with Gasteiger partial charge >= 0.3 is 6.09 Å². The molecule has 2 aromatic rings. The maximum Gasteiger partial charge on any atom is 0.411 e. The van der Waals surface area contributed by atoms with E-state index in [9.17, 15) is 14.9 Å². The number of nitrogens with zero attached hydrogens (tertiary/aromatic N) is 8. The van der Waals surface area contributed by atoms with Crippen LogP contribution in [0, 0.1) is 11.3 Å². The van der Waals surface area contributed by atoms with Gasteiger partial charge in [0, 0.05) is 39.7 Å². The van der Waals surface area contributed by atoms with Crippen molar-refractivity contribution >= 4 is 12.0 Å². The Morgan fingerprint density at radius 1 is 1.09 bits per heavy atom. The molecular formula is C31H36N10O3. The van der Waals surface area contributed by atoms with Crippen LogP contribution in [0.15, 0.2) is 58.4 Å².